The number of nitrogens with one attached hydrogen (secondary N) is 1. The smallest absolute Gasteiger partial charge is 0.129 e. The van der Waals surface area contributed by atoms with E-state index in [-0.39, 0.29) is 0 Å². The van der Waals surface area contributed by atoms with Crippen molar-refractivity contribution in [2.75, 3.05) is 20.8 Å². The van der Waals surface area contributed by atoms with Gasteiger partial charge in [-0.1, -0.05) is 17.7 Å². The van der Waals surface area contributed by atoms with Gasteiger partial charge in [-0.15, -0.1) is 0 Å². The SMILES string of the molecule is COc1cc(OC)cc(C(O)CNCc2ccc(Cl)nc2)c1. The van der Waals surface area contributed by atoms with Crippen molar-refractivity contribution in [1.29, 1.82) is 0 Å². The van der Waals surface area contributed by atoms with E-state index in [0.717, 1.165) is 11.1 Å². The summed E-state index contributed by atoms with van der Waals surface area (Å²) in [7, 11) is 3.16. The monoisotopic (exact) mass is 322 g/mol. The molecule has 6 heteroatoms. The van der Waals surface area contributed by atoms with Crippen LogP contribution in [-0.2, 0) is 6.54 Å². The summed E-state index contributed by atoms with van der Waals surface area (Å²) in [4.78, 5) is 4.01. The molecule has 0 aliphatic heterocycles. The second kappa shape index (κ2) is 7.98. The van der Waals surface area contributed by atoms with E-state index in [4.69, 9.17) is 21.1 Å². The first-order chi connectivity index (χ1) is 10.6. The summed E-state index contributed by atoms with van der Waals surface area (Å²) in [6, 6.07) is 8.98. The Morgan fingerprint density at radius 3 is 2.41 bits per heavy atom. The molecule has 1 aromatic carbocycles. The first-order valence-corrected chi connectivity index (χ1v) is 7.22. The number of halogens is 1. The molecule has 0 spiro atoms. The maximum Gasteiger partial charge on any atom is 0.129 e. The van der Waals surface area contributed by atoms with Crippen molar-refractivity contribution < 1.29 is 14.6 Å². The molecule has 0 aliphatic carbocycles. The number of hydrogen-bond donors (Lipinski definition) is 2. The lowest BCUT2D eigenvalue weighted by Gasteiger charge is -2.15. The molecular formula is C16H19ClN2O3. The van der Waals surface area contributed by atoms with Crippen LogP contribution >= 0.6 is 11.6 Å². The molecule has 5 nitrogen and oxygen atoms in total. The Hall–Kier alpha value is -1.82. The highest BCUT2D eigenvalue weighted by Gasteiger charge is 2.11. The molecule has 1 unspecified atom stereocenters. The summed E-state index contributed by atoms with van der Waals surface area (Å²) in [5, 5.41) is 13.9. The minimum Gasteiger partial charge on any atom is -0.497 e. The maximum absolute atomic E-state index is 10.3. The van der Waals surface area contributed by atoms with Crippen LogP contribution in [0.2, 0.25) is 5.15 Å². The van der Waals surface area contributed by atoms with Gasteiger partial charge in [-0.25, -0.2) is 4.98 Å². The molecule has 22 heavy (non-hydrogen) atoms. The molecule has 0 fully saturated rings. The summed E-state index contributed by atoms with van der Waals surface area (Å²) in [6.07, 6.45) is 1.04. The first-order valence-electron chi connectivity index (χ1n) is 6.84. The lowest BCUT2D eigenvalue weighted by molar-refractivity contribution is 0.173. The van der Waals surface area contributed by atoms with E-state index in [1.807, 2.05) is 6.07 Å². The van der Waals surface area contributed by atoms with Crippen LogP contribution in [0.15, 0.2) is 36.5 Å². The van der Waals surface area contributed by atoms with E-state index in [1.165, 1.54) is 0 Å². The van der Waals surface area contributed by atoms with E-state index >= 15 is 0 Å². The van der Waals surface area contributed by atoms with Gasteiger partial charge in [0.05, 0.1) is 20.3 Å². The lowest BCUT2D eigenvalue weighted by Crippen LogP contribution is -2.21. The molecule has 0 saturated carbocycles. The average molecular weight is 323 g/mol. The molecule has 118 valence electrons. The Morgan fingerprint density at radius 2 is 1.86 bits per heavy atom. The van der Waals surface area contributed by atoms with Gasteiger partial charge in [-0.3, -0.25) is 0 Å². The molecule has 1 heterocycles. The van der Waals surface area contributed by atoms with Crippen molar-refractivity contribution in [3.63, 3.8) is 0 Å². The van der Waals surface area contributed by atoms with Gasteiger partial charge >= 0.3 is 0 Å². The summed E-state index contributed by atoms with van der Waals surface area (Å²) in [6.45, 7) is 1.00. The molecule has 2 N–H and O–H groups in total. The van der Waals surface area contributed by atoms with Crippen LogP contribution in [0.3, 0.4) is 0 Å². The van der Waals surface area contributed by atoms with Crippen molar-refractivity contribution in [1.82, 2.24) is 10.3 Å². The third-order valence-electron chi connectivity index (χ3n) is 3.21. The van der Waals surface area contributed by atoms with Crippen LogP contribution in [0.5, 0.6) is 11.5 Å². The van der Waals surface area contributed by atoms with Gasteiger partial charge in [0.25, 0.3) is 0 Å². The molecule has 0 aliphatic rings. The first kappa shape index (κ1) is 16.5. The molecule has 0 radical (unpaired) electrons. The van der Waals surface area contributed by atoms with Crippen molar-refractivity contribution >= 4 is 11.6 Å². The van der Waals surface area contributed by atoms with Gasteiger partial charge < -0.3 is 19.9 Å². The molecule has 0 bridgehead atoms. The van der Waals surface area contributed by atoms with Crippen LogP contribution in [0.4, 0.5) is 0 Å². The fourth-order valence-electron chi connectivity index (χ4n) is 2.00. The zero-order valence-electron chi connectivity index (χ0n) is 12.5. The topological polar surface area (TPSA) is 63.6 Å². The highest BCUT2D eigenvalue weighted by Crippen LogP contribution is 2.26. The predicted octanol–water partition coefficient (Wildman–Crippen LogP) is 2.58. The van der Waals surface area contributed by atoms with Gasteiger partial charge in [-0.05, 0) is 29.3 Å². The Bertz CT molecular complexity index is 583. The van der Waals surface area contributed by atoms with Gasteiger partial charge in [0.15, 0.2) is 0 Å². The highest BCUT2D eigenvalue weighted by atomic mass is 35.5. The van der Waals surface area contributed by atoms with Crippen LogP contribution in [0.25, 0.3) is 0 Å². The maximum atomic E-state index is 10.3. The van der Waals surface area contributed by atoms with E-state index in [2.05, 4.69) is 10.3 Å². The molecule has 2 rings (SSSR count). The Kier molecular flexibility index (Phi) is 6.00. The Labute approximate surface area is 134 Å². The second-order valence-corrected chi connectivity index (χ2v) is 5.17. The second-order valence-electron chi connectivity index (χ2n) is 4.78. The summed E-state index contributed by atoms with van der Waals surface area (Å²) in [5.41, 5.74) is 1.73. The lowest BCUT2D eigenvalue weighted by atomic mass is 10.1. The zero-order valence-corrected chi connectivity index (χ0v) is 13.3. The van der Waals surface area contributed by atoms with Crippen molar-refractivity contribution in [2.24, 2.45) is 0 Å². The minimum absolute atomic E-state index is 0.402. The third kappa shape index (κ3) is 4.59. The summed E-state index contributed by atoms with van der Waals surface area (Å²) in [5.74, 6) is 1.30. The Balaban J connectivity index is 1.94. The number of pyridine rings is 1. The highest BCUT2D eigenvalue weighted by molar-refractivity contribution is 6.29. The fourth-order valence-corrected chi connectivity index (χ4v) is 2.12. The fraction of sp³-hybridized carbons (Fsp3) is 0.312. The third-order valence-corrected chi connectivity index (χ3v) is 3.44. The van der Waals surface area contributed by atoms with Crippen molar-refractivity contribution in [3.05, 3.63) is 52.8 Å². The number of rotatable bonds is 7. The van der Waals surface area contributed by atoms with Gasteiger partial charge in [0.1, 0.15) is 16.7 Å². The van der Waals surface area contributed by atoms with E-state index in [1.54, 1.807) is 44.7 Å². The number of ether oxygens (including phenoxy) is 2. The molecule has 0 saturated heterocycles. The quantitative estimate of drug-likeness (QED) is 0.767. The van der Waals surface area contributed by atoms with Crippen LogP contribution < -0.4 is 14.8 Å². The van der Waals surface area contributed by atoms with E-state index < -0.39 is 6.10 Å². The van der Waals surface area contributed by atoms with Crippen molar-refractivity contribution in [3.8, 4) is 11.5 Å². The molecule has 2 aromatic rings. The van der Waals surface area contributed by atoms with Gasteiger partial charge in [0, 0.05) is 25.4 Å². The standard InChI is InChI=1S/C16H19ClN2O3/c1-21-13-5-12(6-14(7-13)22-2)15(20)10-18-8-11-3-4-16(17)19-9-11/h3-7,9,15,18,20H,8,10H2,1-2H3. The molecular weight excluding hydrogens is 304 g/mol. The number of aliphatic hydroxyl groups is 1. The summed E-state index contributed by atoms with van der Waals surface area (Å²) >= 11 is 5.74. The zero-order chi connectivity index (χ0) is 15.9. The number of aromatic nitrogens is 1. The number of nitrogens with zero attached hydrogens (tertiary/aromatic N) is 1. The molecule has 1 aromatic heterocycles. The predicted molar refractivity (Wildman–Crippen MR) is 85.5 cm³/mol. The largest absolute Gasteiger partial charge is 0.497 e. The summed E-state index contributed by atoms with van der Waals surface area (Å²) < 4.78 is 10.4. The van der Waals surface area contributed by atoms with Crippen LogP contribution in [-0.4, -0.2) is 30.9 Å². The number of methoxy groups -OCH3 is 2. The van der Waals surface area contributed by atoms with E-state index in [0.29, 0.717) is 29.7 Å². The Morgan fingerprint density at radius 1 is 1.18 bits per heavy atom. The minimum atomic E-state index is -0.663. The van der Waals surface area contributed by atoms with E-state index in [9.17, 15) is 5.11 Å². The van der Waals surface area contributed by atoms with Crippen LogP contribution in [0, 0.1) is 0 Å². The number of aliphatic hydroxyl groups excluding tert-OH is 1. The van der Waals surface area contributed by atoms with Gasteiger partial charge in [-0.2, -0.15) is 0 Å². The van der Waals surface area contributed by atoms with Crippen LogP contribution in [0.1, 0.15) is 17.2 Å². The average Bonchev–Trinajstić information content (AvgIpc) is 2.56. The van der Waals surface area contributed by atoms with Crippen molar-refractivity contribution in [2.45, 2.75) is 12.6 Å². The normalized spacial score (nSPS) is 12.0. The number of benzene rings is 1. The molecule has 0 amide bonds. The van der Waals surface area contributed by atoms with Gasteiger partial charge in [0.2, 0.25) is 0 Å². The number of hydrogen-bond acceptors (Lipinski definition) is 5. The molecule has 1 atom stereocenters.